The molecule has 1 saturated heterocycles. The van der Waals surface area contributed by atoms with Gasteiger partial charge in [-0.2, -0.15) is 0 Å². The minimum Gasteiger partial charge on any atom is -0.549 e. The molecule has 0 saturated carbocycles. The Bertz CT molecular complexity index is 856. The number of carboxylic acid groups (broad SMARTS) is 1. The molecule has 2 aromatic rings. The Kier molecular flexibility index (Phi) is 6.78. The molecule has 150 valence electrons. The molecule has 3 rings (SSSR count). The molecular formula is C20H22ClNO5P-. The van der Waals surface area contributed by atoms with Gasteiger partial charge in [0.25, 0.3) is 0 Å². The van der Waals surface area contributed by atoms with Gasteiger partial charge in [0, 0.05) is 17.6 Å². The van der Waals surface area contributed by atoms with Crippen LogP contribution < -0.4 is 15.1 Å². The first-order valence-corrected chi connectivity index (χ1v) is 11.0. The molecule has 2 aromatic carbocycles. The molecule has 0 aliphatic carbocycles. The molecule has 0 spiro atoms. The molecule has 0 radical (unpaired) electrons. The number of nitrogens with zero attached hydrogens (tertiary/aromatic N) is 1. The number of rotatable bonds is 6. The molecule has 1 aliphatic rings. The van der Waals surface area contributed by atoms with Crippen molar-refractivity contribution in [2.75, 3.05) is 20.3 Å². The van der Waals surface area contributed by atoms with Crippen molar-refractivity contribution in [1.29, 1.82) is 0 Å². The highest BCUT2D eigenvalue weighted by Crippen LogP contribution is 2.53. The summed E-state index contributed by atoms with van der Waals surface area (Å²) in [6, 6.07) is 13.8. The molecule has 0 N–H and O–H groups in total. The lowest BCUT2D eigenvalue weighted by atomic mass is 10.0. The van der Waals surface area contributed by atoms with Crippen molar-refractivity contribution < 1.29 is 23.7 Å². The summed E-state index contributed by atoms with van der Waals surface area (Å²) in [6.45, 7) is -0.175. The maximum atomic E-state index is 13.9. The highest BCUT2D eigenvalue weighted by Gasteiger charge is 2.40. The smallest absolute Gasteiger partial charge is 0.302 e. The number of carbonyl (C=O) groups excluding carboxylic acids is 1. The standard InChI is InChI=1S/C20H23ClNO5P/c1-26-18-8-10-19(11-9-18)28(25)22(14-20(23)24)17(3-2-12-27-28)13-15-4-6-16(21)7-5-15/h4-11,17H,2-3,12-14H2,1H3,(H,23,24)/p-1. The van der Waals surface area contributed by atoms with Crippen LogP contribution in [0.1, 0.15) is 18.4 Å². The molecule has 0 amide bonds. The summed E-state index contributed by atoms with van der Waals surface area (Å²) in [4.78, 5) is 11.5. The zero-order valence-electron chi connectivity index (χ0n) is 15.5. The predicted octanol–water partition coefficient (Wildman–Crippen LogP) is 2.64. The molecule has 2 unspecified atom stereocenters. The van der Waals surface area contributed by atoms with Crippen LogP contribution in [0.15, 0.2) is 48.5 Å². The van der Waals surface area contributed by atoms with Gasteiger partial charge in [-0.3, -0.25) is 4.57 Å². The lowest BCUT2D eigenvalue weighted by molar-refractivity contribution is -0.305. The second kappa shape index (κ2) is 9.10. The van der Waals surface area contributed by atoms with Crippen LogP contribution >= 0.6 is 19.1 Å². The highest BCUT2D eigenvalue weighted by molar-refractivity contribution is 7.64. The zero-order valence-corrected chi connectivity index (χ0v) is 17.2. The van der Waals surface area contributed by atoms with Crippen LogP contribution in [-0.2, 0) is 20.3 Å². The quantitative estimate of drug-likeness (QED) is 0.666. The third-order valence-corrected chi connectivity index (χ3v) is 7.66. The van der Waals surface area contributed by atoms with Gasteiger partial charge < -0.3 is 19.2 Å². The highest BCUT2D eigenvalue weighted by atomic mass is 35.5. The van der Waals surface area contributed by atoms with Crippen molar-refractivity contribution >= 4 is 30.4 Å². The maximum Gasteiger partial charge on any atom is 0.302 e. The summed E-state index contributed by atoms with van der Waals surface area (Å²) in [7, 11) is -2.03. The Hall–Kier alpha value is -1.85. The molecule has 2 atom stereocenters. The number of ether oxygens (including phenoxy) is 1. The van der Waals surface area contributed by atoms with Gasteiger partial charge in [-0.1, -0.05) is 23.7 Å². The fourth-order valence-corrected chi connectivity index (χ4v) is 5.94. The fraction of sp³-hybridized carbons (Fsp3) is 0.350. The van der Waals surface area contributed by atoms with Gasteiger partial charge in [0.2, 0.25) is 0 Å². The Morgan fingerprint density at radius 1 is 1.25 bits per heavy atom. The van der Waals surface area contributed by atoms with Crippen LogP contribution in [0.2, 0.25) is 5.02 Å². The second-order valence-electron chi connectivity index (χ2n) is 6.65. The van der Waals surface area contributed by atoms with Crippen LogP contribution in [0.25, 0.3) is 0 Å². The van der Waals surface area contributed by atoms with Gasteiger partial charge in [-0.15, -0.1) is 0 Å². The molecule has 1 aliphatic heterocycles. The van der Waals surface area contributed by atoms with Crippen molar-refractivity contribution in [2.45, 2.75) is 25.3 Å². The summed E-state index contributed by atoms with van der Waals surface area (Å²) in [5.74, 6) is -0.672. The lowest BCUT2D eigenvalue weighted by Gasteiger charge is -2.35. The third-order valence-electron chi connectivity index (χ3n) is 4.78. The largest absolute Gasteiger partial charge is 0.549 e. The van der Waals surface area contributed by atoms with Crippen molar-refractivity contribution in [3.63, 3.8) is 0 Å². The summed E-state index contributed by atoms with van der Waals surface area (Å²) < 4.78 is 26.3. The number of carboxylic acids is 1. The lowest BCUT2D eigenvalue weighted by Crippen LogP contribution is -2.44. The molecule has 1 fully saturated rings. The minimum atomic E-state index is -3.58. The van der Waals surface area contributed by atoms with Crippen LogP contribution in [0, 0.1) is 0 Å². The van der Waals surface area contributed by atoms with Crippen LogP contribution in [-0.4, -0.2) is 36.9 Å². The molecule has 1 heterocycles. The zero-order chi connectivity index (χ0) is 20.1. The molecule has 0 aromatic heterocycles. The van der Waals surface area contributed by atoms with Gasteiger partial charge in [-0.25, -0.2) is 4.67 Å². The van der Waals surface area contributed by atoms with E-state index in [2.05, 4.69) is 0 Å². The van der Waals surface area contributed by atoms with Crippen LogP contribution in [0.3, 0.4) is 0 Å². The minimum absolute atomic E-state index is 0.269. The molecular weight excluding hydrogens is 401 g/mol. The van der Waals surface area contributed by atoms with E-state index < -0.39 is 20.0 Å². The normalized spacial score (nSPS) is 23.1. The number of aliphatic carboxylic acids is 1. The number of hydrogen-bond donors (Lipinski definition) is 0. The molecule has 0 bridgehead atoms. The van der Waals surface area contributed by atoms with E-state index in [-0.39, 0.29) is 6.04 Å². The van der Waals surface area contributed by atoms with E-state index in [1.54, 1.807) is 43.5 Å². The summed E-state index contributed by atoms with van der Waals surface area (Å²) in [6.07, 6.45) is 1.88. The molecule has 8 heteroatoms. The van der Waals surface area contributed by atoms with Crippen LogP contribution in [0.5, 0.6) is 5.75 Å². The summed E-state index contributed by atoms with van der Waals surface area (Å²) in [5, 5.41) is 12.5. The van der Waals surface area contributed by atoms with Crippen molar-refractivity contribution in [2.24, 2.45) is 0 Å². The van der Waals surface area contributed by atoms with E-state index in [0.717, 1.165) is 5.56 Å². The first-order chi connectivity index (χ1) is 13.4. The van der Waals surface area contributed by atoms with E-state index in [9.17, 15) is 14.5 Å². The van der Waals surface area contributed by atoms with E-state index in [4.69, 9.17) is 20.9 Å². The predicted molar refractivity (Wildman–Crippen MR) is 106 cm³/mol. The maximum absolute atomic E-state index is 13.9. The number of hydrogen-bond acceptors (Lipinski definition) is 5. The van der Waals surface area contributed by atoms with E-state index in [1.165, 1.54) is 4.67 Å². The first-order valence-electron chi connectivity index (χ1n) is 9.03. The summed E-state index contributed by atoms with van der Waals surface area (Å²) in [5.41, 5.74) is 0.987. The number of carbonyl (C=O) groups is 1. The Labute approximate surface area is 169 Å². The average Bonchev–Trinajstić information content (AvgIpc) is 2.84. The second-order valence-corrected chi connectivity index (χ2v) is 9.41. The monoisotopic (exact) mass is 422 g/mol. The van der Waals surface area contributed by atoms with Crippen molar-refractivity contribution in [3.05, 3.63) is 59.1 Å². The van der Waals surface area contributed by atoms with Gasteiger partial charge in [0.05, 0.1) is 25.0 Å². The SMILES string of the molecule is COc1ccc(P2(=O)OCCCC(Cc3ccc(Cl)cc3)N2CC(=O)[O-])cc1. The van der Waals surface area contributed by atoms with Gasteiger partial charge in [0.15, 0.2) is 0 Å². The van der Waals surface area contributed by atoms with Gasteiger partial charge >= 0.3 is 7.52 Å². The van der Waals surface area contributed by atoms with E-state index in [1.807, 2.05) is 12.1 Å². The average molecular weight is 423 g/mol. The topological polar surface area (TPSA) is 78.9 Å². The molecule has 6 nitrogen and oxygen atoms in total. The first kappa shape index (κ1) is 20.9. The number of benzene rings is 2. The van der Waals surface area contributed by atoms with Crippen molar-refractivity contribution in [3.8, 4) is 5.75 Å². The van der Waals surface area contributed by atoms with E-state index in [0.29, 0.717) is 41.9 Å². The number of methoxy groups -OCH3 is 1. The Morgan fingerprint density at radius 3 is 2.54 bits per heavy atom. The van der Waals surface area contributed by atoms with Gasteiger partial charge in [-0.05, 0) is 61.2 Å². The van der Waals surface area contributed by atoms with Crippen LogP contribution in [0.4, 0.5) is 0 Å². The van der Waals surface area contributed by atoms with E-state index >= 15 is 0 Å². The Morgan fingerprint density at radius 2 is 1.93 bits per heavy atom. The third kappa shape index (κ3) is 4.76. The number of halogens is 1. The Balaban J connectivity index is 1.97. The molecule has 28 heavy (non-hydrogen) atoms. The fourth-order valence-electron chi connectivity index (χ4n) is 3.39. The van der Waals surface area contributed by atoms with Gasteiger partial charge in [0.1, 0.15) is 5.75 Å². The van der Waals surface area contributed by atoms with Crippen molar-refractivity contribution in [1.82, 2.24) is 4.67 Å². The summed E-state index contributed by atoms with van der Waals surface area (Å²) >= 11 is 5.96.